The summed E-state index contributed by atoms with van der Waals surface area (Å²) in [5.41, 5.74) is 0.819. The van der Waals surface area contributed by atoms with E-state index in [1.54, 1.807) is 55.1 Å². The first-order chi connectivity index (χ1) is 13.5. The standard InChI is InChI=1S/C21H20N2O4S/c1-13(20-22-17-6-4-3-5-16(17)21(26)23-20)27-19(25)12-11-18(24)14-7-9-15(28-2)10-8-14/h3-10,13H,11-12H2,1-2H3,(H,22,23,26)/t13-/m1/s1. The Labute approximate surface area is 166 Å². The van der Waals surface area contributed by atoms with Crippen LogP contribution in [-0.4, -0.2) is 28.0 Å². The van der Waals surface area contributed by atoms with Gasteiger partial charge in [0.25, 0.3) is 5.56 Å². The number of ketones is 1. The summed E-state index contributed by atoms with van der Waals surface area (Å²) >= 11 is 1.60. The molecule has 0 fully saturated rings. The number of para-hydroxylation sites is 1. The molecule has 7 heteroatoms. The van der Waals surface area contributed by atoms with Crippen molar-refractivity contribution in [2.75, 3.05) is 6.26 Å². The Bertz CT molecular complexity index is 1060. The Morgan fingerprint density at radius 3 is 2.54 bits per heavy atom. The number of carbonyl (C=O) groups excluding carboxylic acids is 2. The molecule has 6 nitrogen and oxygen atoms in total. The quantitative estimate of drug-likeness (QED) is 0.370. The van der Waals surface area contributed by atoms with E-state index in [0.717, 1.165) is 4.90 Å². The highest BCUT2D eigenvalue weighted by atomic mass is 32.2. The molecule has 144 valence electrons. The van der Waals surface area contributed by atoms with Gasteiger partial charge in [-0.25, -0.2) is 4.98 Å². The first-order valence-electron chi connectivity index (χ1n) is 8.83. The number of Topliss-reactive ketones (excluding diaryl/α,β-unsaturated/α-hetero) is 1. The maximum absolute atomic E-state index is 12.2. The zero-order chi connectivity index (χ0) is 20.1. The SMILES string of the molecule is CSc1ccc(C(=O)CCC(=O)O[C@H](C)c2nc3ccccc3c(=O)[nH]2)cc1. The lowest BCUT2D eigenvalue weighted by Gasteiger charge is -2.13. The summed E-state index contributed by atoms with van der Waals surface area (Å²) in [6.07, 6.45) is 1.27. The van der Waals surface area contributed by atoms with Crippen LogP contribution in [0.25, 0.3) is 10.9 Å². The van der Waals surface area contributed by atoms with E-state index in [9.17, 15) is 14.4 Å². The largest absolute Gasteiger partial charge is 0.454 e. The number of ether oxygens (including phenoxy) is 1. The second-order valence-electron chi connectivity index (χ2n) is 6.25. The van der Waals surface area contributed by atoms with Crippen LogP contribution in [0.3, 0.4) is 0 Å². The van der Waals surface area contributed by atoms with E-state index < -0.39 is 12.1 Å². The molecule has 0 saturated carbocycles. The van der Waals surface area contributed by atoms with E-state index in [2.05, 4.69) is 9.97 Å². The molecule has 28 heavy (non-hydrogen) atoms. The molecular formula is C21H20N2O4S. The van der Waals surface area contributed by atoms with E-state index in [1.165, 1.54) is 0 Å². The van der Waals surface area contributed by atoms with Crippen LogP contribution in [0.2, 0.25) is 0 Å². The predicted molar refractivity (Wildman–Crippen MR) is 109 cm³/mol. The fourth-order valence-corrected chi connectivity index (χ4v) is 3.15. The average molecular weight is 396 g/mol. The number of aromatic nitrogens is 2. The Balaban J connectivity index is 1.59. The van der Waals surface area contributed by atoms with Crippen molar-refractivity contribution < 1.29 is 14.3 Å². The Morgan fingerprint density at radius 1 is 1.11 bits per heavy atom. The molecule has 1 N–H and O–H groups in total. The maximum atomic E-state index is 12.2. The highest BCUT2D eigenvalue weighted by Crippen LogP contribution is 2.18. The number of nitrogens with zero attached hydrogens (tertiary/aromatic N) is 1. The van der Waals surface area contributed by atoms with Crippen LogP contribution in [0.15, 0.2) is 58.2 Å². The molecule has 2 aromatic carbocycles. The molecule has 3 rings (SSSR count). The minimum Gasteiger partial charge on any atom is -0.454 e. The zero-order valence-corrected chi connectivity index (χ0v) is 16.4. The molecule has 0 bridgehead atoms. The molecule has 0 amide bonds. The summed E-state index contributed by atoms with van der Waals surface area (Å²) in [5.74, 6) is -0.358. The van der Waals surface area contributed by atoms with Gasteiger partial charge < -0.3 is 9.72 Å². The summed E-state index contributed by atoms with van der Waals surface area (Å²) in [5, 5.41) is 0.475. The number of benzene rings is 2. The first kappa shape index (κ1) is 19.8. The van der Waals surface area contributed by atoms with E-state index >= 15 is 0 Å². The van der Waals surface area contributed by atoms with Gasteiger partial charge in [0.05, 0.1) is 17.3 Å². The molecule has 0 spiro atoms. The maximum Gasteiger partial charge on any atom is 0.306 e. The third kappa shape index (κ3) is 4.67. The van der Waals surface area contributed by atoms with E-state index in [4.69, 9.17) is 4.74 Å². The van der Waals surface area contributed by atoms with Gasteiger partial charge in [0.2, 0.25) is 0 Å². The van der Waals surface area contributed by atoms with Crippen LogP contribution >= 0.6 is 11.8 Å². The molecule has 0 radical (unpaired) electrons. The smallest absolute Gasteiger partial charge is 0.306 e. The van der Waals surface area contributed by atoms with Crippen LogP contribution in [-0.2, 0) is 9.53 Å². The van der Waals surface area contributed by atoms with Gasteiger partial charge in [-0.2, -0.15) is 0 Å². The normalized spacial score (nSPS) is 11.9. The molecule has 1 atom stereocenters. The third-order valence-electron chi connectivity index (χ3n) is 4.29. The van der Waals surface area contributed by atoms with E-state index in [0.29, 0.717) is 16.5 Å². The number of aromatic amines is 1. The molecule has 3 aromatic rings. The van der Waals surface area contributed by atoms with Crippen LogP contribution in [0, 0.1) is 0 Å². The van der Waals surface area contributed by atoms with Crippen molar-refractivity contribution in [1.82, 2.24) is 9.97 Å². The topological polar surface area (TPSA) is 89.1 Å². The van der Waals surface area contributed by atoms with Crippen molar-refractivity contribution in [2.24, 2.45) is 0 Å². The lowest BCUT2D eigenvalue weighted by molar-refractivity contribution is -0.148. The summed E-state index contributed by atoms with van der Waals surface area (Å²) in [6, 6.07) is 14.2. The minimum absolute atomic E-state index is 0.0364. The predicted octanol–water partition coefficient (Wildman–Crippen LogP) is 3.91. The second-order valence-corrected chi connectivity index (χ2v) is 7.13. The van der Waals surface area contributed by atoms with Crippen molar-refractivity contribution in [3.8, 4) is 0 Å². The lowest BCUT2D eigenvalue weighted by Crippen LogP contribution is -2.17. The van der Waals surface area contributed by atoms with Gasteiger partial charge in [0.15, 0.2) is 17.7 Å². The summed E-state index contributed by atoms with van der Waals surface area (Å²) < 4.78 is 5.34. The van der Waals surface area contributed by atoms with Crippen molar-refractivity contribution in [3.63, 3.8) is 0 Å². The molecule has 1 aromatic heterocycles. The first-order valence-corrected chi connectivity index (χ1v) is 10.1. The van der Waals surface area contributed by atoms with Crippen molar-refractivity contribution in [3.05, 3.63) is 70.3 Å². The summed E-state index contributed by atoms with van der Waals surface area (Å²) in [7, 11) is 0. The number of carbonyl (C=O) groups is 2. The van der Waals surface area contributed by atoms with Crippen LogP contribution in [0.1, 0.15) is 42.1 Å². The third-order valence-corrected chi connectivity index (χ3v) is 5.04. The minimum atomic E-state index is -0.722. The molecule has 0 saturated heterocycles. The van der Waals surface area contributed by atoms with Gasteiger partial charge in [0.1, 0.15) is 0 Å². The highest BCUT2D eigenvalue weighted by molar-refractivity contribution is 7.98. The summed E-state index contributed by atoms with van der Waals surface area (Å²) in [6.45, 7) is 1.63. The number of hydrogen-bond acceptors (Lipinski definition) is 6. The fourth-order valence-electron chi connectivity index (χ4n) is 2.75. The number of hydrogen-bond donors (Lipinski definition) is 1. The van der Waals surface area contributed by atoms with Gasteiger partial charge >= 0.3 is 5.97 Å². The molecule has 0 aliphatic carbocycles. The van der Waals surface area contributed by atoms with Crippen molar-refractivity contribution in [2.45, 2.75) is 30.8 Å². The number of thioether (sulfide) groups is 1. The Kier molecular flexibility index (Phi) is 6.26. The molecule has 0 aliphatic heterocycles. The van der Waals surface area contributed by atoms with Gasteiger partial charge in [0, 0.05) is 16.9 Å². The van der Waals surface area contributed by atoms with Gasteiger partial charge in [-0.3, -0.25) is 14.4 Å². The average Bonchev–Trinajstić information content (AvgIpc) is 2.72. The Morgan fingerprint density at radius 2 is 1.82 bits per heavy atom. The zero-order valence-electron chi connectivity index (χ0n) is 15.6. The van der Waals surface area contributed by atoms with Crippen LogP contribution < -0.4 is 5.56 Å². The lowest BCUT2D eigenvalue weighted by atomic mass is 10.1. The molecule has 0 unspecified atom stereocenters. The Hall–Kier alpha value is -2.93. The molecular weight excluding hydrogens is 376 g/mol. The van der Waals surface area contributed by atoms with E-state index in [1.807, 2.05) is 18.4 Å². The number of nitrogens with one attached hydrogen (secondary N) is 1. The number of H-pyrrole nitrogens is 1. The number of esters is 1. The van der Waals surface area contributed by atoms with Gasteiger partial charge in [-0.15, -0.1) is 11.8 Å². The number of fused-ring (bicyclic) bond motifs is 1. The van der Waals surface area contributed by atoms with Crippen LogP contribution in [0.4, 0.5) is 0 Å². The monoisotopic (exact) mass is 396 g/mol. The number of rotatable bonds is 7. The van der Waals surface area contributed by atoms with Crippen molar-refractivity contribution >= 4 is 34.4 Å². The van der Waals surface area contributed by atoms with Crippen molar-refractivity contribution in [1.29, 1.82) is 0 Å². The molecule has 0 aliphatic rings. The van der Waals surface area contributed by atoms with Crippen LogP contribution in [0.5, 0.6) is 0 Å². The van der Waals surface area contributed by atoms with Gasteiger partial charge in [-0.05, 0) is 37.4 Å². The van der Waals surface area contributed by atoms with E-state index in [-0.39, 0.29) is 30.0 Å². The summed E-state index contributed by atoms with van der Waals surface area (Å²) in [4.78, 5) is 44.5. The molecule has 1 heterocycles. The fraction of sp³-hybridized carbons (Fsp3) is 0.238. The van der Waals surface area contributed by atoms with Gasteiger partial charge in [-0.1, -0.05) is 24.3 Å². The second kappa shape index (κ2) is 8.84. The highest BCUT2D eigenvalue weighted by Gasteiger charge is 2.17.